The Labute approximate surface area is 174 Å². The molecule has 7 nitrogen and oxygen atoms in total. The van der Waals surface area contributed by atoms with Crippen molar-refractivity contribution in [1.29, 1.82) is 0 Å². The Morgan fingerprint density at radius 1 is 1.13 bits per heavy atom. The number of likely N-dealkylation sites (tertiary alicyclic amines) is 1. The molecule has 0 bridgehead atoms. The third-order valence-electron chi connectivity index (χ3n) is 6.10. The van der Waals surface area contributed by atoms with E-state index in [0.29, 0.717) is 24.8 Å². The Balaban J connectivity index is 1.53. The highest BCUT2D eigenvalue weighted by Crippen LogP contribution is 2.37. The standard InChI is InChI=1S/C23H25N3O4/c27-19-12-14-26(21(28)20-17-10-4-5-11-18(17)24-25-20)15-23(19,22(29)30)13-6-9-16-7-2-1-3-8-16/h1-5,7-8,10-11,19,27H,6,9,12-15H2,(H,24,25)(H,29,30)/t19-,23+/m0/s1. The molecule has 0 unspecified atom stereocenters. The summed E-state index contributed by atoms with van der Waals surface area (Å²) in [5.41, 5.74) is 0.782. The van der Waals surface area contributed by atoms with E-state index in [1.165, 1.54) is 4.90 Å². The molecule has 3 aromatic rings. The predicted octanol–water partition coefficient (Wildman–Crippen LogP) is 2.86. The monoisotopic (exact) mass is 407 g/mol. The Bertz CT molecular complexity index is 1050. The number of aromatic amines is 1. The predicted molar refractivity (Wildman–Crippen MR) is 112 cm³/mol. The van der Waals surface area contributed by atoms with Crippen molar-refractivity contribution in [2.45, 2.75) is 31.8 Å². The van der Waals surface area contributed by atoms with E-state index >= 15 is 0 Å². The first-order valence-corrected chi connectivity index (χ1v) is 10.2. The van der Waals surface area contributed by atoms with Crippen molar-refractivity contribution in [3.63, 3.8) is 0 Å². The molecule has 0 saturated carbocycles. The maximum absolute atomic E-state index is 13.2. The lowest BCUT2D eigenvalue weighted by Gasteiger charge is -2.43. The first kappa shape index (κ1) is 20.1. The normalized spacial score (nSPS) is 21.6. The number of aliphatic carboxylic acids is 1. The highest BCUT2D eigenvalue weighted by atomic mass is 16.4. The number of para-hydroxylation sites is 1. The smallest absolute Gasteiger partial charge is 0.314 e. The Kier molecular flexibility index (Phi) is 5.55. The minimum Gasteiger partial charge on any atom is -0.481 e. The summed E-state index contributed by atoms with van der Waals surface area (Å²) in [7, 11) is 0. The topological polar surface area (TPSA) is 107 Å². The van der Waals surface area contributed by atoms with Crippen LogP contribution in [-0.4, -0.2) is 56.4 Å². The van der Waals surface area contributed by atoms with Crippen LogP contribution in [0.4, 0.5) is 0 Å². The summed E-state index contributed by atoms with van der Waals surface area (Å²) in [6.45, 7) is 0.271. The summed E-state index contributed by atoms with van der Waals surface area (Å²) in [6.07, 6.45) is 0.863. The SMILES string of the molecule is O=C(c1n[nH]c2ccccc12)N1CC[C@H](O)[C@](CCCc2ccccc2)(C(=O)O)C1. The van der Waals surface area contributed by atoms with Gasteiger partial charge in [-0.2, -0.15) is 5.10 Å². The van der Waals surface area contributed by atoms with E-state index in [2.05, 4.69) is 10.2 Å². The lowest BCUT2D eigenvalue weighted by atomic mass is 9.73. The average Bonchev–Trinajstić information content (AvgIpc) is 3.19. The number of fused-ring (bicyclic) bond motifs is 1. The summed E-state index contributed by atoms with van der Waals surface area (Å²) in [6, 6.07) is 17.2. The van der Waals surface area contributed by atoms with Crippen LogP contribution in [0.2, 0.25) is 0 Å². The number of benzene rings is 2. The third-order valence-corrected chi connectivity index (χ3v) is 6.10. The quantitative estimate of drug-likeness (QED) is 0.583. The number of nitrogens with zero attached hydrogens (tertiary/aromatic N) is 2. The second-order valence-electron chi connectivity index (χ2n) is 7.95. The zero-order chi connectivity index (χ0) is 21.1. The fourth-order valence-corrected chi connectivity index (χ4v) is 4.34. The van der Waals surface area contributed by atoms with E-state index in [0.717, 1.165) is 17.5 Å². The third kappa shape index (κ3) is 3.68. The molecule has 4 rings (SSSR count). The molecule has 0 aliphatic carbocycles. The molecule has 1 aliphatic heterocycles. The molecule has 1 amide bonds. The van der Waals surface area contributed by atoms with E-state index < -0.39 is 17.5 Å². The molecule has 2 heterocycles. The van der Waals surface area contributed by atoms with Crippen molar-refractivity contribution in [1.82, 2.24) is 15.1 Å². The fourth-order valence-electron chi connectivity index (χ4n) is 4.34. The molecular formula is C23H25N3O4. The molecule has 1 aliphatic rings. The lowest BCUT2D eigenvalue weighted by molar-refractivity contribution is -0.162. The first-order chi connectivity index (χ1) is 14.5. The molecule has 1 aromatic heterocycles. The zero-order valence-electron chi connectivity index (χ0n) is 16.6. The maximum Gasteiger partial charge on any atom is 0.314 e. The van der Waals surface area contributed by atoms with Crippen LogP contribution in [0.25, 0.3) is 10.9 Å². The molecule has 0 spiro atoms. The van der Waals surface area contributed by atoms with E-state index in [1.807, 2.05) is 54.6 Å². The van der Waals surface area contributed by atoms with E-state index in [1.54, 1.807) is 0 Å². The van der Waals surface area contributed by atoms with Gasteiger partial charge in [-0.05, 0) is 37.3 Å². The number of carboxylic acids is 1. The van der Waals surface area contributed by atoms with E-state index in [-0.39, 0.29) is 24.6 Å². The Hall–Kier alpha value is -3.19. The van der Waals surface area contributed by atoms with Crippen molar-refractivity contribution < 1.29 is 19.8 Å². The maximum atomic E-state index is 13.2. The van der Waals surface area contributed by atoms with Gasteiger partial charge in [0.05, 0.1) is 11.6 Å². The molecule has 156 valence electrons. The summed E-state index contributed by atoms with van der Waals surface area (Å²) in [5.74, 6) is -1.37. The first-order valence-electron chi connectivity index (χ1n) is 10.2. The highest BCUT2D eigenvalue weighted by molar-refractivity contribution is 6.04. The number of amides is 1. The van der Waals surface area contributed by atoms with Gasteiger partial charge in [-0.15, -0.1) is 0 Å². The van der Waals surface area contributed by atoms with Gasteiger partial charge in [0.2, 0.25) is 0 Å². The largest absolute Gasteiger partial charge is 0.481 e. The van der Waals surface area contributed by atoms with Gasteiger partial charge in [-0.3, -0.25) is 14.7 Å². The van der Waals surface area contributed by atoms with Crippen molar-refractivity contribution in [3.05, 3.63) is 65.9 Å². The van der Waals surface area contributed by atoms with Gasteiger partial charge in [-0.1, -0.05) is 48.5 Å². The Morgan fingerprint density at radius 3 is 2.63 bits per heavy atom. The Morgan fingerprint density at radius 2 is 1.87 bits per heavy atom. The van der Waals surface area contributed by atoms with Crippen LogP contribution in [-0.2, 0) is 11.2 Å². The number of hydrogen-bond acceptors (Lipinski definition) is 4. The summed E-state index contributed by atoms with van der Waals surface area (Å²) >= 11 is 0. The minimum atomic E-state index is -1.38. The van der Waals surface area contributed by atoms with Crippen LogP contribution in [0.3, 0.4) is 0 Å². The van der Waals surface area contributed by atoms with Gasteiger partial charge in [0.1, 0.15) is 5.41 Å². The van der Waals surface area contributed by atoms with Gasteiger partial charge in [0.15, 0.2) is 5.69 Å². The van der Waals surface area contributed by atoms with Crippen molar-refractivity contribution >= 4 is 22.8 Å². The minimum absolute atomic E-state index is 0.0295. The van der Waals surface area contributed by atoms with Crippen LogP contribution in [0.15, 0.2) is 54.6 Å². The summed E-state index contributed by atoms with van der Waals surface area (Å²) < 4.78 is 0. The number of aliphatic hydroxyl groups is 1. The molecule has 1 fully saturated rings. The van der Waals surface area contributed by atoms with Gasteiger partial charge < -0.3 is 15.1 Å². The second kappa shape index (κ2) is 8.28. The number of rotatable bonds is 6. The molecule has 0 radical (unpaired) electrons. The van der Waals surface area contributed by atoms with Crippen LogP contribution in [0.1, 0.15) is 35.3 Å². The van der Waals surface area contributed by atoms with Gasteiger partial charge in [0, 0.05) is 18.5 Å². The lowest BCUT2D eigenvalue weighted by Crippen LogP contribution is -2.57. The van der Waals surface area contributed by atoms with Crippen LogP contribution < -0.4 is 0 Å². The van der Waals surface area contributed by atoms with Crippen LogP contribution >= 0.6 is 0 Å². The fraction of sp³-hybridized carbons (Fsp3) is 0.348. The molecular weight excluding hydrogens is 382 g/mol. The molecule has 7 heteroatoms. The van der Waals surface area contributed by atoms with Crippen LogP contribution in [0, 0.1) is 5.41 Å². The van der Waals surface area contributed by atoms with Crippen molar-refractivity contribution in [2.24, 2.45) is 5.41 Å². The van der Waals surface area contributed by atoms with E-state index in [9.17, 15) is 19.8 Å². The highest BCUT2D eigenvalue weighted by Gasteiger charge is 2.50. The molecule has 2 aromatic carbocycles. The number of carbonyl (C=O) groups is 2. The van der Waals surface area contributed by atoms with Gasteiger partial charge >= 0.3 is 5.97 Å². The second-order valence-corrected chi connectivity index (χ2v) is 7.95. The number of hydrogen-bond donors (Lipinski definition) is 3. The summed E-state index contributed by atoms with van der Waals surface area (Å²) in [4.78, 5) is 27.0. The van der Waals surface area contributed by atoms with E-state index in [4.69, 9.17) is 0 Å². The number of nitrogens with one attached hydrogen (secondary N) is 1. The van der Waals surface area contributed by atoms with Gasteiger partial charge in [-0.25, -0.2) is 0 Å². The molecule has 3 N–H and O–H groups in total. The summed E-state index contributed by atoms with van der Waals surface area (Å²) in [5, 5.41) is 28.4. The number of aryl methyl sites for hydroxylation is 1. The van der Waals surface area contributed by atoms with Crippen molar-refractivity contribution in [3.8, 4) is 0 Å². The van der Waals surface area contributed by atoms with Crippen molar-refractivity contribution in [2.75, 3.05) is 13.1 Å². The van der Waals surface area contributed by atoms with Crippen LogP contribution in [0.5, 0.6) is 0 Å². The molecule has 1 saturated heterocycles. The average molecular weight is 407 g/mol. The number of carbonyl (C=O) groups excluding carboxylic acids is 1. The number of aliphatic hydroxyl groups excluding tert-OH is 1. The molecule has 2 atom stereocenters. The van der Waals surface area contributed by atoms with Gasteiger partial charge in [0.25, 0.3) is 5.91 Å². The number of carboxylic acid groups (broad SMARTS) is 1. The number of piperidine rings is 1. The number of H-pyrrole nitrogens is 1. The number of aromatic nitrogens is 2. The zero-order valence-corrected chi connectivity index (χ0v) is 16.6. The molecule has 30 heavy (non-hydrogen) atoms.